The fraction of sp³-hybridized carbons (Fsp3) is 1.00. The molecular weight excluding hydrogens is 219 g/mol. The Morgan fingerprint density at radius 2 is 1.57 bits per heavy atom. The summed E-state index contributed by atoms with van der Waals surface area (Å²) in [6.45, 7) is 7.10. The van der Waals surface area contributed by atoms with Gasteiger partial charge < -0.3 is 4.74 Å². The highest BCUT2D eigenvalue weighted by atomic mass is 35.5. The van der Waals surface area contributed by atoms with E-state index in [0.717, 1.165) is 25.9 Å². The molecule has 0 N–H and O–H groups in total. The largest absolute Gasteiger partial charge is 0.376 e. The van der Waals surface area contributed by atoms with E-state index >= 15 is 0 Å². The van der Waals surface area contributed by atoms with Crippen molar-refractivity contribution in [1.82, 2.24) is 0 Å². The predicted octanol–water partition coefficient (Wildman–Crippen LogP) is 4.56. The van der Waals surface area contributed by atoms with Crippen molar-refractivity contribution in [3.8, 4) is 0 Å². The Bertz CT molecular complexity index is 130. The van der Waals surface area contributed by atoms with Gasteiger partial charge in [0.25, 0.3) is 0 Å². The molecule has 0 bridgehead atoms. The van der Waals surface area contributed by atoms with E-state index in [2.05, 4.69) is 20.8 Å². The number of hydrogen-bond acceptors (Lipinski definition) is 1. The molecule has 0 aromatic heterocycles. The lowest BCUT2D eigenvalue weighted by Crippen LogP contribution is -2.19. The molecule has 0 aliphatic carbocycles. The number of ether oxygens (including phenoxy) is 1. The van der Waals surface area contributed by atoms with Gasteiger partial charge in [-0.25, -0.2) is 0 Å². The second kappa shape index (κ2) is 7.78. The van der Waals surface area contributed by atoms with Crippen LogP contribution in [-0.4, -0.2) is 17.0 Å². The molecule has 0 rings (SSSR count). The van der Waals surface area contributed by atoms with Crippen molar-refractivity contribution in [3.05, 3.63) is 0 Å². The van der Waals surface area contributed by atoms with E-state index in [9.17, 15) is 0 Å². The van der Waals surface area contributed by atoms with Gasteiger partial charge >= 0.3 is 0 Å². The topological polar surface area (TPSA) is 9.23 Å². The maximum atomic E-state index is 5.62. The first kappa shape index (κ1) is 14.5. The Labute approximate surface area is 98.1 Å². The van der Waals surface area contributed by atoms with E-state index in [-0.39, 0.29) is 10.4 Å². The van der Waals surface area contributed by atoms with Crippen LogP contribution >= 0.6 is 23.2 Å². The van der Waals surface area contributed by atoms with E-state index in [4.69, 9.17) is 27.9 Å². The summed E-state index contributed by atoms with van der Waals surface area (Å²) in [5, 5.41) is 0. The molecule has 0 aliphatic heterocycles. The average molecular weight is 241 g/mol. The zero-order valence-electron chi connectivity index (χ0n) is 9.48. The van der Waals surface area contributed by atoms with Gasteiger partial charge in [-0.1, -0.05) is 19.3 Å². The molecule has 0 fully saturated rings. The molecular formula is C11H22Cl2O. The van der Waals surface area contributed by atoms with Crippen molar-refractivity contribution >= 4 is 23.2 Å². The van der Waals surface area contributed by atoms with Gasteiger partial charge in [0.15, 0.2) is 0 Å². The molecule has 1 nitrogen and oxygen atoms in total. The third-order valence-electron chi connectivity index (χ3n) is 1.85. The van der Waals surface area contributed by atoms with Gasteiger partial charge in [0.05, 0.1) is 5.60 Å². The monoisotopic (exact) mass is 240 g/mol. The Balaban J connectivity index is 3.07. The normalized spacial score (nSPS) is 12.4. The molecule has 0 spiro atoms. The molecule has 0 aromatic rings. The van der Waals surface area contributed by atoms with Crippen LogP contribution in [0.2, 0.25) is 0 Å². The van der Waals surface area contributed by atoms with Gasteiger partial charge in [-0.3, -0.25) is 0 Å². The van der Waals surface area contributed by atoms with E-state index in [0.29, 0.717) is 0 Å². The summed E-state index contributed by atoms with van der Waals surface area (Å²) in [6.07, 6.45) is 5.56. The first-order valence-corrected chi connectivity index (χ1v) is 6.21. The van der Waals surface area contributed by atoms with Crippen LogP contribution in [-0.2, 0) is 4.74 Å². The Kier molecular flexibility index (Phi) is 8.08. The summed E-state index contributed by atoms with van der Waals surface area (Å²) in [6, 6.07) is 0. The highest BCUT2D eigenvalue weighted by Gasteiger charge is 2.08. The first-order chi connectivity index (χ1) is 6.42. The van der Waals surface area contributed by atoms with Crippen LogP contribution in [0.1, 0.15) is 52.9 Å². The van der Waals surface area contributed by atoms with Crippen LogP contribution in [0.4, 0.5) is 0 Å². The Morgan fingerprint density at radius 1 is 1.00 bits per heavy atom. The molecule has 14 heavy (non-hydrogen) atoms. The maximum Gasteiger partial charge on any atom is 0.107 e. The first-order valence-electron chi connectivity index (χ1n) is 5.34. The number of halogens is 2. The van der Waals surface area contributed by atoms with Crippen molar-refractivity contribution in [2.75, 3.05) is 6.61 Å². The molecule has 0 saturated heterocycles. The van der Waals surface area contributed by atoms with Crippen molar-refractivity contribution in [2.24, 2.45) is 0 Å². The second-order valence-electron chi connectivity index (χ2n) is 4.55. The number of unbranched alkanes of at least 4 members (excludes halogenated alkanes) is 3. The zero-order chi connectivity index (χ0) is 11.0. The van der Waals surface area contributed by atoms with Crippen LogP contribution in [0, 0.1) is 0 Å². The molecule has 3 heteroatoms. The molecule has 86 valence electrons. The van der Waals surface area contributed by atoms with Crippen molar-refractivity contribution in [3.63, 3.8) is 0 Å². The number of rotatable bonds is 7. The molecule has 0 heterocycles. The molecule has 0 radical (unpaired) electrons. The molecule has 0 saturated carbocycles. The smallest absolute Gasteiger partial charge is 0.107 e. The van der Waals surface area contributed by atoms with Crippen LogP contribution in [0.15, 0.2) is 0 Å². The van der Waals surface area contributed by atoms with Crippen LogP contribution < -0.4 is 0 Å². The minimum absolute atomic E-state index is 0.00261. The highest BCUT2D eigenvalue weighted by Crippen LogP contribution is 2.14. The Morgan fingerprint density at radius 3 is 2.07 bits per heavy atom. The van der Waals surface area contributed by atoms with Gasteiger partial charge in [-0.15, -0.1) is 23.2 Å². The highest BCUT2D eigenvalue weighted by molar-refractivity contribution is 6.44. The average Bonchev–Trinajstić information content (AvgIpc) is 2.00. The quantitative estimate of drug-likeness (QED) is 0.469. The van der Waals surface area contributed by atoms with E-state index < -0.39 is 0 Å². The molecule has 0 aromatic carbocycles. The van der Waals surface area contributed by atoms with Gasteiger partial charge in [-0.2, -0.15) is 0 Å². The lowest BCUT2D eigenvalue weighted by atomic mass is 10.1. The summed E-state index contributed by atoms with van der Waals surface area (Å²) in [5.41, 5.74) is -0.00261. The summed E-state index contributed by atoms with van der Waals surface area (Å²) in [5.74, 6) is 0. The van der Waals surface area contributed by atoms with Crippen molar-refractivity contribution < 1.29 is 4.74 Å². The van der Waals surface area contributed by atoms with Gasteiger partial charge in [0, 0.05) is 6.61 Å². The van der Waals surface area contributed by atoms with Gasteiger partial charge in [-0.05, 0) is 33.6 Å². The number of alkyl halides is 2. The van der Waals surface area contributed by atoms with E-state index in [1.807, 2.05) is 0 Å². The Hall–Kier alpha value is 0.540. The SMILES string of the molecule is CC(C)(C)OCCCCCCC(Cl)Cl. The molecule has 0 amide bonds. The van der Waals surface area contributed by atoms with Crippen LogP contribution in [0.5, 0.6) is 0 Å². The third-order valence-corrected chi connectivity index (χ3v) is 2.29. The molecule has 0 aliphatic rings. The summed E-state index contributed by atoms with van der Waals surface area (Å²) >= 11 is 11.2. The summed E-state index contributed by atoms with van der Waals surface area (Å²) in [7, 11) is 0. The maximum absolute atomic E-state index is 5.62. The number of hydrogen-bond donors (Lipinski definition) is 0. The lowest BCUT2D eigenvalue weighted by molar-refractivity contribution is -0.00474. The minimum atomic E-state index is -0.194. The summed E-state index contributed by atoms with van der Waals surface area (Å²) in [4.78, 5) is -0.194. The van der Waals surface area contributed by atoms with Crippen LogP contribution in [0.25, 0.3) is 0 Å². The summed E-state index contributed by atoms with van der Waals surface area (Å²) < 4.78 is 5.60. The standard InChI is InChI=1S/C11H22Cl2O/c1-11(2,3)14-9-7-5-4-6-8-10(12)13/h10H,4-9H2,1-3H3. The third kappa shape index (κ3) is 12.5. The fourth-order valence-corrected chi connectivity index (χ4v) is 1.44. The minimum Gasteiger partial charge on any atom is -0.376 e. The van der Waals surface area contributed by atoms with Crippen molar-refractivity contribution in [2.45, 2.75) is 63.3 Å². The van der Waals surface area contributed by atoms with Gasteiger partial charge in [0.1, 0.15) is 4.84 Å². The van der Waals surface area contributed by atoms with E-state index in [1.54, 1.807) is 0 Å². The van der Waals surface area contributed by atoms with Crippen LogP contribution in [0.3, 0.4) is 0 Å². The lowest BCUT2D eigenvalue weighted by Gasteiger charge is -2.19. The molecule has 0 unspecified atom stereocenters. The molecule has 0 atom stereocenters. The predicted molar refractivity (Wildman–Crippen MR) is 64.3 cm³/mol. The fourth-order valence-electron chi connectivity index (χ4n) is 1.13. The second-order valence-corrected chi connectivity index (χ2v) is 5.83. The van der Waals surface area contributed by atoms with E-state index in [1.165, 1.54) is 12.8 Å². The zero-order valence-corrected chi connectivity index (χ0v) is 11.0. The van der Waals surface area contributed by atoms with Gasteiger partial charge in [0.2, 0.25) is 0 Å². The van der Waals surface area contributed by atoms with Crippen molar-refractivity contribution in [1.29, 1.82) is 0 Å².